The molecule has 4 heteroatoms. The molecule has 0 atom stereocenters. The number of hydrogen-bond donors (Lipinski definition) is 1. The summed E-state index contributed by atoms with van der Waals surface area (Å²) in [6.07, 6.45) is 11.6. The normalized spacial score (nSPS) is 10.9. The third-order valence-corrected chi connectivity index (χ3v) is 0.921. The predicted octanol–water partition coefficient (Wildman–Crippen LogP) is 0.776. The van der Waals surface area contributed by atoms with Crippen LogP contribution in [-0.4, -0.2) is 5.78 Å². The Hall–Kier alpha value is -2.33. The van der Waals surface area contributed by atoms with E-state index in [9.17, 15) is 4.79 Å². The summed E-state index contributed by atoms with van der Waals surface area (Å²) in [6, 6.07) is 2.23. The van der Waals surface area contributed by atoms with Gasteiger partial charge in [-0.1, -0.05) is 12.2 Å². The second kappa shape index (κ2) is 7.77. The first-order valence-corrected chi connectivity index (χ1v) is 3.40. The molecule has 1 rings (SSSR count). The van der Waals surface area contributed by atoms with Gasteiger partial charge in [-0.2, -0.15) is 10.5 Å². The highest BCUT2D eigenvalue weighted by atomic mass is 16.1. The first-order chi connectivity index (χ1) is 6.31. The Morgan fingerprint density at radius 3 is 1.77 bits per heavy atom. The molecule has 13 heavy (non-hydrogen) atoms. The molecule has 0 spiro atoms. The minimum Gasteiger partial charge on any atom is -0.368 e. The van der Waals surface area contributed by atoms with Gasteiger partial charge in [-0.25, -0.2) is 0 Å². The van der Waals surface area contributed by atoms with E-state index >= 15 is 0 Å². The van der Waals surface area contributed by atoms with Crippen LogP contribution >= 0.6 is 0 Å². The molecule has 1 aliphatic heterocycles. The standard InChI is InChI=1S/C6H7N.C3N2O/c1-2-4-6-7-5-3-1;4-1-3(6)2-5/h1-7H;. The highest BCUT2D eigenvalue weighted by Gasteiger charge is 1.86. The van der Waals surface area contributed by atoms with Crippen molar-refractivity contribution in [2.75, 3.05) is 0 Å². The highest BCUT2D eigenvalue weighted by molar-refractivity contribution is 6.05. The number of allylic oxidation sites excluding steroid dienone is 4. The van der Waals surface area contributed by atoms with Crippen LogP contribution < -0.4 is 5.32 Å². The van der Waals surface area contributed by atoms with Crippen molar-refractivity contribution in [3.8, 4) is 12.1 Å². The number of rotatable bonds is 0. The largest absolute Gasteiger partial charge is 0.368 e. The molecular formula is C9H7N3O. The summed E-state index contributed by atoms with van der Waals surface area (Å²) in [5.74, 6) is -1.05. The summed E-state index contributed by atoms with van der Waals surface area (Å²) in [5.41, 5.74) is 0. The first-order valence-electron chi connectivity index (χ1n) is 3.40. The Morgan fingerprint density at radius 2 is 1.46 bits per heavy atom. The summed E-state index contributed by atoms with van der Waals surface area (Å²) in [7, 11) is 0. The van der Waals surface area contributed by atoms with Gasteiger partial charge in [0, 0.05) is 12.4 Å². The molecule has 0 aliphatic carbocycles. The SMILES string of the molecule is C1=CC=CNC=C1.N#CC(=O)C#N. The van der Waals surface area contributed by atoms with Gasteiger partial charge in [0.25, 0.3) is 0 Å². The van der Waals surface area contributed by atoms with E-state index in [-0.39, 0.29) is 0 Å². The van der Waals surface area contributed by atoms with Crippen molar-refractivity contribution >= 4 is 5.78 Å². The highest BCUT2D eigenvalue weighted by Crippen LogP contribution is 1.81. The summed E-state index contributed by atoms with van der Waals surface area (Å²) in [5, 5.41) is 17.9. The van der Waals surface area contributed by atoms with E-state index in [0.717, 1.165) is 12.1 Å². The number of ketones is 1. The molecule has 0 saturated carbocycles. The molecule has 64 valence electrons. The van der Waals surface area contributed by atoms with Crippen LogP contribution in [0.3, 0.4) is 0 Å². The molecule has 4 nitrogen and oxygen atoms in total. The van der Waals surface area contributed by atoms with Crippen molar-refractivity contribution in [3.05, 3.63) is 36.7 Å². The third-order valence-electron chi connectivity index (χ3n) is 0.921. The quantitative estimate of drug-likeness (QED) is 0.549. The third kappa shape index (κ3) is 7.57. The second-order valence-corrected chi connectivity index (χ2v) is 1.82. The molecule has 0 amide bonds. The van der Waals surface area contributed by atoms with Gasteiger partial charge >= 0.3 is 5.78 Å². The lowest BCUT2D eigenvalue weighted by atomic mass is 10.5. The number of nitrogens with one attached hydrogen (secondary N) is 1. The average molecular weight is 173 g/mol. The molecule has 0 aromatic carbocycles. The van der Waals surface area contributed by atoms with E-state index in [1.165, 1.54) is 0 Å². The second-order valence-electron chi connectivity index (χ2n) is 1.82. The molecule has 0 fully saturated rings. The van der Waals surface area contributed by atoms with Crippen LogP contribution in [0.5, 0.6) is 0 Å². The topological polar surface area (TPSA) is 76.7 Å². The molecule has 0 bridgehead atoms. The van der Waals surface area contributed by atoms with Crippen LogP contribution in [0.1, 0.15) is 0 Å². The zero-order chi connectivity index (χ0) is 9.94. The molecule has 1 N–H and O–H groups in total. The lowest BCUT2D eigenvalue weighted by Gasteiger charge is -1.79. The Morgan fingerprint density at radius 1 is 1.00 bits per heavy atom. The van der Waals surface area contributed by atoms with E-state index < -0.39 is 5.78 Å². The maximum atomic E-state index is 9.46. The van der Waals surface area contributed by atoms with Crippen LogP contribution in [0.25, 0.3) is 0 Å². The Kier molecular flexibility index (Phi) is 6.38. The number of carbonyl (C=O) groups excluding carboxylic acids is 1. The van der Waals surface area contributed by atoms with Crippen molar-refractivity contribution in [1.82, 2.24) is 5.32 Å². The van der Waals surface area contributed by atoms with E-state index in [1.807, 2.05) is 36.7 Å². The van der Waals surface area contributed by atoms with Gasteiger partial charge in [-0.05, 0) is 12.2 Å². The molecule has 1 heterocycles. The fraction of sp³-hybridized carbons (Fsp3) is 0. The van der Waals surface area contributed by atoms with E-state index in [4.69, 9.17) is 10.5 Å². The van der Waals surface area contributed by atoms with Crippen LogP contribution in [-0.2, 0) is 4.79 Å². The van der Waals surface area contributed by atoms with Crippen molar-refractivity contribution in [1.29, 1.82) is 10.5 Å². The average Bonchev–Trinajstić information content (AvgIpc) is 2.49. The molecule has 1 aliphatic rings. The summed E-state index contributed by atoms with van der Waals surface area (Å²) >= 11 is 0. The maximum Gasteiger partial charge on any atom is 0.331 e. The number of Topliss-reactive ketones (excluding diaryl/α,β-unsaturated/α-hetero) is 1. The molecule has 0 unspecified atom stereocenters. The molecule has 0 saturated heterocycles. The number of nitrogens with zero attached hydrogens (tertiary/aromatic N) is 2. The van der Waals surface area contributed by atoms with Gasteiger partial charge in [-0.15, -0.1) is 0 Å². The minimum absolute atomic E-state index is 1.05. The van der Waals surface area contributed by atoms with Crippen LogP contribution in [0.4, 0.5) is 0 Å². The smallest absolute Gasteiger partial charge is 0.331 e. The van der Waals surface area contributed by atoms with Crippen molar-refractivity contribution in [3.63, 3.8) is 0 Å². The van der Waals surface area contributed by atoms with Crippen LogP contribution in [0.2, 0.25) is 0 Å². The first kappa shape index (κ1) is 10.7. The molecule has 0 radical (unpaired) electrons. The number of hydrogen-bond acceptors (Lipinski definition) is 4. The lowest BCUT2D eigenvalue weighted by Crippen LogP contribution is -1.87. The number of carbonyl (C=O) groups is 1. The van der Waals surface area contributed by atoms with Gasteiger partial charge in [0.05, 0.1) is 0 Å². The fourth-order valence-electron chi connectivity index (χ4n) is 0.431. The van der Waals surface area contributed by atoms with Crippen LogP contribution in [0.15, 0.2) is 36.7 Å². The minimum atomic E-state index is -1.05. The van der Waals surface area contributed by atoms with Gasteiger partial charge < -0.3 is 5.32 Å². The Labute approximate surface area is 76.1 Å². The number of nitriles is 2. The Balaban J connectivity index is 0.000000226. The van der Waals surface area contributed by atoms with Gasteiger partial charge in [0.15, 0.2) is 12.1 Å². The van der Waals surface area contributed by atoms with Gasteiger partial charge in [0.2, 0.25) is 0 Å². The lowest BCUT2D eigenvalue weighted by molar-refractivity contribution is -0.109. The van der Waals surface area contributed by atoms with E-state index in [0.29, 0.717) is 0 Å². The molecule has 0 aromatic heterocycles. The van der Waals surface area contributed by atoms with Crippen molar-refractivity contribution in [2.24, 2.45) is 0 Å². The van der Waals surface area contributed by atoms with Crippen LogP contribution in [0, 0.1) is 22.7 Å². The summed E-state index contributed by atoms with van der Waals surface area (Å²) in [6.45, 7) is 0. The van der Waals surface area contributed by atoms with Crippen molar-refractivity contribution < 1.29 is 4.79 Å². The zero-order valence-electron chi connectivity index (χ0n) is 6.77. The fourth-order valence-corrected chi connectivity index (χ4v) is 0.431. The van der Waals surface area contributed by atoms with Crippen molar-refractivity contribution in [2.45, 2.75) is 0 Å². The summed E-state index contributed by atoms with van der Waals surface area (Å²) < 4.78 is 0. The van der Waals surface area contributed by atoms with Gasteiger partial charge in [-0.3, -0.25) is 4.79 Å². The maximum absolute atomic E-state index is 9.46. The van der Waals surface area contributed by atoms with E-state index in [2.05, 4.69) is 5.32 Å². The summed E-state index contributed by atoms with van der Waals surface area (Å²) in [4.78, 5) is 9.46. The molecule has 0 aromatic rings. The monoisotopic (exact) mass is 173 g/mol. The predicted molar refractivity (Wildman–Crippen MR) is 46.8 cm³/mol. The zero-order valence-corrected chi connectivity index (χ0v) is 6.77. The van der Waals surface area contributed by atoms with E-state index in [1.54, 1.807) is 0 Å². The molecular weight excluding hydrogens is 166 g/mol. The van der Waals surface area contributed by atoms with Gasteiger partial charge in [0.1, 0.15) is 0 Å². The Bertz CT molecular complexity index is 296.